The number of aliphatic hydroxyl groups is 1. The van der Waals surface area contributed by atoms with E-state index in [1.807, 2.05) is 0 Å². The Morgan fingerprint density at radius 3 is 2.09 bits per heavy atom. The Labute approximate surface area is 188 Å². The molecule has 3 nitrogen and oxygen atoms in total. The largest absolute Gasteiger partial charge is 0.457 e. The summed E-state index contributed by atoms with van der Waals surface area (Å²) in [6.07, 6.45) is -12.6. The maximum Gasteiger partial charge on any atom is 0.416 e. The molecule has 3 rings (SSSR count). The normalized spacial score (nSPS) is 14.0. The van der Waals surface area contributed by atoms with Crippen molar-refractivity contribution in [2.24, 2.45) is 0 Å². The van der Waals surface area contributed by atoms with Crippen molar-refractivity contribution in [3.05, 3.63) is 95.1 Å². The number of hydrogen-bond acceptors (Lipinski definition) is 3. The zero-order valence-electron chi connectivity index (χ0n) is 17.1. The molecule has 11 heteroatoms. The lowest BCUT2D eigenvalue weighted by atomic mass is 9.96. The summed E-state index contributed by atoms with van der Waals surface area (Å²) in [4.78, 5) is 0. The first kappa shape index (κ1) is 25.4. The molecule has 2 N–H and O–H groups in total. The van der Waals surface area contributed by atoms with Crippen LogP contribution in [0.15, 0.2) is 66.7 Å². The van der Waals surface area contributed by atoms with Crippen LogP contribution in [-0.4, -0.2) is 23.9 Å². The minimum absolute atomic E-state index is 0.146. The average molecular weight is 491 g/mol. The SMILES string of the molecule is O[C@H](CNC(c1cccc(Oc2ccc(F)cc2)c1)c1ccc(C(F)(F)F)cc1F)C(F)(F)F. The predicted molar refractivity (Wildman–Crippen MR) is 106 cm³/mol. The second-order valence-electron chi connectivity index (χ2n) is 7.26. The molecule has 0 aromatic heterocycles. The van der Waals surface area contributed by atoms with Gasteiger partial charge in [-0.05, 0) is 54.1 Å². The van der Waals surface area contributed by atoms with Crippen LogP contribution in [0.1, 0.15) is 22.7 Å². The molecule has 0 radical (unpaired) electrons. The Morgan fingerprint density at radius 2 is 1.50 bits per heavy atom. The predicted octanol–water partition coefficient (Wildman–Crippen LogP) is 6.38. The molecule has 0 aliphatic rings. The van der Waals surface area contributed by atoms with E-state index in [-0.39, 0.29) is 28.7 Å². The second-order valence-corrected chi connectivity index (χ2v) is 7.26. The van der Waals surface area contributed by atoms with Gasteiger partial charge in [0.1, 0.15) is 23.1 Å². The highest BCUT2D eigenvalue weighted by Crippen LogP contribution is 2.34. The van der Waals surface area contributed by atoms with E-state index in [1.54, 1.807) is 0 Å². The summed E-state index contributed by atoms with van der Waals surface area (Å²) >= 11 is 0. The number of alkyl halides is 6. The smallest absolute Gasteiger partial charge is 0.416 e. The summed E-state index contributed by atoms with van der Waals surface area (Å²) in [5.41, 5.74) is -1.50. The van der Waals surface area contributed by atoms with E-state index in [2.05, 4.69) is 5.32 Å². The molecule has 0 bridgehead atoms. The highest BCUT2D eigenvalue weighted by Gasteiger charge is 2.38. The van der Waals surface area contributed by atoms with E-state index in [4.69, 9.17) is 4.74 Å². The molecule has 0 fully saturated rings. The molecule has 0 saturated heterocycles. The van der Waals surface area contributed by atoms with Gasteiger partial charge in [-0.25, -0.2) is 8.78 Å². The standard InChI is InChI=1S/C23H17F8NO2/c24-15-5-7-16(8-6-15)34-17-3-1-2-13(10-17)21(32-12-20(33)23(29,30)31)18-9-4-14(11-19(18)25)22(26,27)28/h1-11,20-21,32-33H,12H2/t20-,21?/m1/s1. The first-order chi connectivity index (χ1) is 15.8. The number of halogens is 8. The van der Waals surface area contributed by atoms with E-state index < -0.39 is 48.2 Å². The number of rotatable bonds is 7. The first-order valence-corrected chi connectivity index (χ1v) is 9.73. The van der Waals surface area contributed by atoms with Crippen LogP contribution in [0.25, 0.3) is 0 Å². The van der Waals surface area contributed by atoms with Crippen LogP contribution >= 0.6 is 0 Å². The third-order valence-electron chi connectivity index (χ3n) is 4.77. The Morgan fingerprint density at radius 1 is 0.824 bits per heavy atom. The minimum atomic E-state index is -4.97. The molecule has 34 heavy (non-hydrogen) atoms. The van der Waals surface area contributed by atoms with Crippen LogP contribution in [0.5, 0.6) is 11.5 Å². The van der Waals surface area contributed by atoms with Crippen LogP contribution < -0.4 is 10.1 Å². The Balaban J connectivity index is 1.96. The van der Waals surface area contributed by atoms with Crippen molar-refractivity contribution in [1.29, 1.82) is 0 Å². The van der Waals surface area contributed by atoms with Gasteiger partial charge in [0.25, 0.3) is 0 Å². The lowest BCUT2D eigenvalue weighted by Crippen LogP contribution is -2.40. The van der Waals surface area contributed by atoms with Gasteiger partial charge in [-0.3, -0.25) is 0 Å². The van der Waals surface area contributed by atoms with Gasteiger partial charge in [0, 0.05) is 12.1 Å². The zero-order valence-corrected chi connectivity index (χ0v) is 17.1. The van der Waals surface area contributed by atoms with Crippen molar-refractivity contribution >= 4 is 0 Å². The van der Waals surface area contributed by atoms with Crippen LogP contribution in [0.3, 0.4) is 0 Å². The molecule has 3 aromatic rings. The number of ether oxygens (including phenoxy) is 1. The van der Waals surface area contributed by atoms with Crippen molar-refractivity contribution in [1.82, 2.24) is 5.32 Å². The van der Waals surface area contributed by atoms with Gasteiger partial charge in [-0.2, -0.15) is 26.3 Å². The van der Waals surface area contributed by atoms with E-state index in [9.17, 15) is 40.2 Å². The molecule has 0 spiro atoms. The van der Waals surface area contributed by atoms with Crippen LogP contribution in [-0.2, 0) is 6.18 Å². The third kappa shape index (κ3) is 6.45. The number of aliphatic hydroxyl groups excluding tert-OH is 1. The number of hydrogen-bond donors (Lipinski definition) is 2. The fourth-order valence-corrected chi connectivity index (χ4v) is 3.09. The quantitative estimate of drug-likeness (QED) is 0.377. The number of nitrogens with one attached hydrogen (secondary N) is 1. The van der Waals surface area contributed by atoms with Crippen LogP contribution in [0.2, 0.25) is 0 Å². The average Bonchev–Trinajstić information content (AvgIpc) is 2.75. The lowest BCUT2D eigenvalue weighted by molar-refractivity contribution is -0.202. The van der Waals surface area contributed by atoms with E-state index in [0.29, 0.717) is 6.07 Å². The van der Waals surface area contributed by atoms with E-state index in [0.717, 1.165) is 18.2 Å². The fourth-order valence-electron chi connectivity index (χ4n) is 3.09. The molecule has 0 aliphatic carbocycles. The van der Waals surface area contributed by atoms with Crippen LogP contribution in [0.4, 0.5) is 35.1 Å². The zero-order chi connectivity index (χ0) is 25.1. The molecule has 182 valence electrons. The highest BCUT2D eigenvalue weighted by molar-refractivity contribution is 5.40. The lowest BCUT2D eigenvalue weighted by Gasteiger charge is -2.24. The monoisotopic (exact) mass is 491 g/mol. The van der Waals surface area contributed by atoms with Gasteiger partial charge in [0.15, 0.2) is 6.10 Å². The Bertz CT molecular complexity index is 1110. The van der Waals surface area contributed by atoms with E-state index >= 15 is 0 Å². The second kappa shape index (κ2) is 9.98. The summed E-state index contributed by atoms with van der Waals surface area (Å²) in [5, 5.41) is 11.7. The maximum absolute atomic E-state index is 14.7. The van der Waals surface area contributed by atoms with Gasteiger partial charge in [0.05, 0.1) is 11.6 Å². The first-order valence-electron chi connectivity index (χ1n) is 9.73. The number of benzene rings is 3. The van der Waals surface area contributed by atoms with Crippen molar-refractivity contribution in [3.8, 4) is 11.5 Å². The van der Waals surface area contributed by atoms with Crippen molar-refractivity contribution in [3.63, 3.8) is 0 Å². The molecule has 1 unspecified atom stereocenters. The van der Waals surface area contributed by atoms with Gasteiger partial charge in [0.2, 0.25) is 0 Å². The summed E-state index contributed by atoms with van der Waals surface area (Å²) in [5.74, 6) is -1.43. The molecule has 2 atom stereocenters. The van der Waals surface area contributed by atoms with Gasteiger partial charge >= 0.3 is 12.4 Å². The molecule has 0 amide bonds. The van der Waals surface area contributed by atoms with Crippen molar-refractivity contribution < 1.29 is 45.0 Å². The molecular weight excluding hydrogens is 474 g/mol. The highest BCUT2D eigenvalue weighted by atomic mass is 19.4. The van der Waals surface area contributed by atoms with Gasteiger partial charge in [-0.1, -0.05) is 18.2 Å². The topological polar surface area (TPSA) is 41.5 Å². The summed E-state index contributed by atoms with van der Waals surface area (Å²) < 4.78 is 110. The summed E-state index contributed by atoms with van der Waals surface area (Å²) in [7, 11) is 0. The summed E-state index contributed by atoms with van der Waals surface area (Å²) in [6.45, 7) is -1.06. The molecule has 0 aliphatic heterocycles. The molecule has 0 heterocycles. The molecule has 0 saturated carbocycles. The van der Waals surface area contributed by atoms with Gasteiger partial charge < -0.3 is 15.2 Å². The Kier molecular flexibility index (Phi) is 7.47. The van der Waals surface area contributed by atoms with Crippen molar-refractivity contribution in [2.75, 3.05) is 6.54 Å². The van der Waals surface area contributed by atoms with Gasteiger partial charge in [-0.15, -0.1) is 0 Å². The van der Waals surface area contributed by atoms with E-state index in [1.165, 1.54) is 36.4 Å². The molecule has 3 aromatic carbocycles. The third-order valence-corrected chi connectivity index (χ3v) is 4.77. The van der Waals surface area contributed by atoms with Crippen LogP contribution in [0, 0.1) is 11.6 Å². The van der Waals surface area contributed by atoms with Crippen molar-refractivity contribution in [2.45, 2.75) is 24.5 Å². The maximum atomic E-state index is 14.7. The minimum Gasteiger partial charge on any atom is -0.457 e. The molecular formula is C23H17F8NO2. The Hall–Kier alpha value is -3.18. The fraction of sp³-hybridized carbons (Fsp3) is 0.217. The summed E-state index contributed by atoms with van der Waals surface area (Å²) in [6, 6.07) is 10.8.